The normalized spacial score (nSPS) is 10.8. The molecule has 158 valence electrons. The first-order valence-electron chi connectivity index (χ1n) is 9.22. The summed E-state index contributed by atoms with van der Waals surface area (Å²) in [4.78, 5) is 28.1. The van der Waals surface area contributed by atoms with Crippen molar-refractivity contribution in [1.29, 1.82) is 0 Å². The summed E-state index contributed by atoms with van der Waals surface area (Å²) in [7, 11) is 0. The standard InChI is InChI=1S/C19H20BrN5O3S2/c1-3-25-17(12-5-7-13(20)8-6-12)23-24-19(25)30-11-15(26)22-18-21-14(10-29-18)9-16(27)28-4-2/h5-8,10H,3-4,9,11H2,1-2H3,(H,21,22,26). The Labute approximate surface area is 190 Å². The van der Waals surface area contributed by atoms with Crippen LogP contribution in [0.2, 0.25) is 0 Å². The van der Waals surface area contributed by atoms with Gasteiger partial charge in [0.15, 0.2) is 16.1 Å². The van der Waals surface area contributed by atoms with Gasteiger partial charge in [-0.15, -0.1) is 21.5 Å². The number of thioether (sulfide) groups is 1. The molecule has 0 aliphatic rings. The zero-order valence-corrected chi connectivity index (χ0v) is 19.6. The molecule has 0 saturated heterocycles. The lowest BCUT2D eigenvalue weighted by Gasteiger charge is -2.07. The van der Waals surface area contributed by atoms with Gasteiger partial charge in [0, 0.05) is 22.0 Å². The number of rotatable bonds is 9. The minimum absolute atomic E-state index is 0.0907. The van der Waals surface area contributed by atoms with Crippen LogP contribution in [-0.4, -0.2) is 44.0 Å². The van der Waals surface area contributed by atoms with Crippen LogP contribution in [0.3, 0.4) is 0 Å². The molecule has 1 aromatic carbocycles. The van der Waals surface area contributed by atoms with Gasteiger partial charge in [-0.05, 0) is 26.0 Å². The Morgan fingerprint density at radius 1 is 1.23 bits per heavy atom. The van der Waals surface area contributed by atoms with Gasteiger partial charge in [0.05, 0.1) is 24.5 Å². The van der Waals surface area contributed by atoms with E-state index in [4.69, 9.17) is 4.74 Å². The SMILES string of the molecule is CCOC(=O)Cc1csc(NC(=O)CSc2nnc(-c3ccc(Br)cc3)n2CC)n1. The first-order chi connectivity index (χ1) is 14.5. The van der Waals surface area contributed by atoms with Crippen LogP contribution in [0, 0.1) is 0 Å². The molecule has 2 aromatic heterocycles. The number of benzene rings is 1. The summed E-state index contributed by atoms with van der Waals surface area (Å²) in [6.45, 7) is 4.78. The van der Waals surface area contributed by atoms with Crippen molar-refractivity contribution in [1.82, 2.24) is 19.7 Å². The largest absolute Gasteiger partial charge is 0.466 e. The molecule has 8 nitrogen and oxygen atoms in total. The van der Waals surface area contributed by atoms with Gasteiger partial charge in [0.25, 0.3) is 0 Å². The number of amides is 1. The second kappa shape index (κ2) is 10.7. The zero-order chi connectivity index (χ0) is 21.5. The van der Waals surface area contributed by atoms with Gasteiger partial charge in [0.2, 0.25) is 5.91 Å². The number of nitrogens with zero attached hydrogens (tertiary/aromatic N) is 4. The molecule has 1 N–H and O–H groups in total. The lowest BCUT2D eigenvalue weighted by molar-refractivity contribution is -0.142. The molecule has 0 spiro atoms. The number of esters is 1. The molecule has 30 heavy (non-hydrogen) atoms. The van der Waals surface area contributed by atoms with E-state index in [1.165, 1.54) is 23.1 Å². The van der Waals surface area contributed by atoms with Gasteiger partial charge in [0.1, 0.15) is 0 Å². The monoisotopic (exact) mass is 509 g/mol. The first-order valence-corrected chi connectivity index (χ1v) is 11.9. The maximum absolute atomic E-state index is 12.3. The van der Waals surface area contributed by atoms with Gasteiger partial charge in [-0.1, -0.05) is 39.8 Å². The van der Waals surface area contributed by atoms with E-state index in [2.05, 4.69) is 36.4 Å². The summed E-state index contributed by atoms with van der Waals surface area (Å²) in [6, 6.07) is 7.85. The molecule has 0 aliphatic heterocycles. The van der Waals surface area contributed by atoms with Gasteiger partial charge >= 0.3 is 5.97 Å². The molecule has 0 aliphatic carbocycles. The number of carbonyl (C=O) groups excluding carboxylic acids is 2. The van der Waals surface area contributed by atoms with E-state index in [0.29, 0.717) is 29.1 Å². The van der Waals surface area contributed by atoms with Crippen LogP contribution in [0.5, 0.6) is 0 Å². The minimum atomic E-state index is -0.336. The summed E-state index contributed by atoms with van der Waals surface area (Å²) in [5, 5.41) is 14.1. The Balaban J connectivity index is 1.58. The second-order valence-electron chi connectivity index (χ2n) is 6.02. The van der Waals surface area contributed by atoms with Crippen molar-refractivity contribution in [2.75, 3.05) is 17.7 Å². The number of thiazole rings is 1. The lowest BCUT2D eigenvalue weighted by atomic mass is 10.2. The molecule has 2 heterocycles. The Kier molecular flexibility index (Phi) is 8.00. The predicted octanol–water partition coefficient (Wildman–Crippen LogP) is 4.02. The number of carbonyl (C=O) groups is 2. The summed E-state index contributed by atoms with van der Waals surface area (Å²) in [5.74, 6) is 0.395. The fourth-order valence-corrected chi connectivity index (χ4v) is 4.38. The molecular formula is C19H20BrN5O3S2. The number of nitrogens with one attached hydrogen (secondary N) is 1. The summed E-state index contributed by atoms with van der Waals surface area (Å²) in [5.41, 5.74) is 1.53. The van der Waals surface area contributed by atoms with Crippen molar-refractivity contribution < 1.29 is 14.3 Å². The highest BCUT2D eigenvalue weighted by Gasteiger charge is 2.16. The molecule has 3 rings (SSSR count). The lowest BCUT2D eigenvalue weighted by Crippen LogP contribution is -2.15. The fraction of sp³-hybridized carbons (Fsp3) is 0.316. The van der Waals surface area contributed by atoms with E-state index in [1.54, 1.807) is 12.3 Å². The van der Waals surface area contributed by atoms with Crippen LogP contribution in [0.15, 0.2) is 39.3 Å². The zero-order valence-electron chi connectivity index (χ0n) is 16.4. The van der Waals surface area contributed by atoms with Crippen LogP contribution in [0.25, 0.3) is 11.4 Å². The van der Waals surface area contributed by atoms with Crippen molar-refractivity contribution in [3.63, 3.8) is 0 Å². The summed E-state index contributed by atoms with van der Waals surface area (Å²) < 4.78 is 7.87. The molecule has 1 amide bonds. The first kappa shape index (κ1) is 22.4. The van der Waals surface area contributed by atoms with Gasteiger partial charge in [-0.3, -0.25) is 9.59 Å². The van der Waals surface area contributed by atoms with Crippen molar-refractivity contribution in [2.45, 2.75) is 32.0 Å². The average Bonchev–Trinajstić information content (AvgIpc) is 3.33. The number of aromatic nitrogens is 4. The molecule has 0 fully saturated rings. The van der Waals surface area contributed by atoms with E-state index in [1.807, 2.05) is 35.8 Å². The molecule has 0 unspecified atom stereocenters. The number of hydrogen-bond acceptors (Lipinski definition) is 8. The van der Waals surface area contributed by atoms with Crippen LogP contribution in [0.1, 0.15) is 19.5 Å². The summed E-state index contributed by atoms with van der Waals surface area (Å²) >= 11 is 6.01. The number of halogens is 1. The van der Waals surface area contributed by atoms with Crippen LogP contribution < -0.4 is 5.32 Å². The Hall–Kier alpha value is -2.24. The molecule has 0 saturated carbocycles. The fourth-order valence-electron chi connectivity index (χ4n) is 2.58. The van der Waals surface area contributed by atoms with Gasteiger partial charge in [-0.25, -0.2) is 4.98 Å². The Morgan fingerprint density at radius 3 is 2.70 bits per heavy atom. The number of ether oxygens (including phenoxy) is 1. The smallest absolute Gasteiger partial charge is 0.311 e. The van der Waals surface area contributed by atoms with E-state index >= 15 is 0 Å². The maximum Gasteiger partial charge on any atom is 0.311 e. The molecular weight excluding hydrogens is 490 g/mol. The molecule has 0 radical (unpaired) electrons. The van der Waals surface area contributed by atoms with E-state index in [-0.39, 0.29) is 24.1 Å². The molecule has 3 aromatic rings. The topological polar surface area (TPSA) is 99.0 Å². The third kappa shape index (κ3) is 5.89. The van der Waals surface area contributed by atoms with Crippen molar-refractivity contribution >= 4 is 56.0 Å². The highest BCUT2D eigenvalue weighted by molar-refractivity contribution is 9.10. The third-order valence-electron chi connectivity index (χ3n) is 3.90. The minimum Gasteiger partial charge on any atom is -0.466 e. The quantitative estimate of drug-likeness (QED) is 0.343. The van der Waals surface area contributed by atoms with E-state index < -0.39 is 0 Å². The molecule has 0 bridgehead atoms. The number of hydrogen-bond donors (Lipinski definition) is 1. The van der Waals surface area contributed by atoms with Crippen LogP contribution >= 0.6 is 39.0 Å². The van der Waals surface area contributed by atoms with E-state index in [0.717, 1.165) is 15.9 Å². The Morgan fingerprint density at radius 2 is 2.00 bits per heavy atom. The predicted molar refractivity (Wildman–Crippen MR) is 121 cm³/mol. The maximum atomic E-state index is 12.3. The third-order valence-corrected chi connectivity index (χ3v) is 6.20. The van der Waals surface area contributed by atoms with Crippen molar-refractivity contribution in [3.05, 3.63) is 39.8 Å². The molecule has 0 atom stereocenters. The summed E-state index contributed by atoms with van der Waals surface area (Å²) in [6.07, 6.45) is 0.0907. The van der Waals surface area contributed by atoms with Crippen molar-refractivity contribution in [3.8, 4) is 11.4 Å². The van der Waals surface area contributed by atoms with Crippen molar-refractivity contribution in [2.24, 2.45) is 0 Å². The van der Waals surface area contributed by atoms with Gasteiger partial charge < -0.3 is 14.6 Å². The molecule has 11 heteroatoms. The highest BCUT2D eigenvalue weighted by Crippen LogP contribution is 2.25. The van der Waals surface area contributed by atoms with Crippen LogP contribution in [0.4, 0.5) is 5.13 Å². The number of anilines is 1. The van der Waals surface area contributed by atoms with E-state index in [9.17, 15) is 9.59 Å². The Bertz CT molecular complexity index is 1020. The average molecular weight is 510 g/mol. The second-order valence-corrected chi connectivity index (χ2v) is 8.74. The van der Waals surface area contributed by atoms with Crippen LogP contribution in [-0.2, 0) is 27.3 Å². The van der Waals surface area contributed by atoms with Gasteiger partial charge in [-0.2, -0.15) is 0 Å². The highest BCUT2D eigenvalue weighted by atomic mass is 79.9.